The molecule has 110 valence electrons. The maximum absolute atomic E-state index is 11.7. The van der Waals surface area contributed by atoms with Gasteiger partial charge in [0.15, 0.2) is 0 Å². The first-order valence-electron chi connectivity index (χ1n) is 6.20. The number of aromatic carboxylic acids is 1. The highest BCUT2D eigenvalue weighted by molar-refractivity contribution is 6.01. The average molecular weight is 290 g/mol. The van der Waals surface area contributed by atoms with Crippen LogP contribution < -0.4 is 5.32 Å². The van der Waals surface area contributed by atoms with E-state index < -0.39 is 16.8 Å². The van der Waals surface area contributed by atoms with E-state index in [0.717, 1.165) is 18.2 Å². The van der Waals surface area contributed by atoms with Crippen molar-refractivity contribution in [1.82, 2.24) is 0 Å². The molecule has 21 heavy (non-hydrogen) atoms. The summed E-state index contributed by atoms with van der Waals surface area (Å²) in [7, 11) is 0. The summed E-state index contributed by atoms with van der Waals surface area (Å²) in [5.41, 5.74) is -0.571. The molecule has 1 amide bonds. The van der Waals surface area contributed by atoms with E-state index in [1.165, 1.54) is 0 Å². The van der Waals surface area contributed by atoms with Gasteiger partial charge < -0.3 is 10.4 Å². The Bertz CT molecular complexity index is 604. The molecule has 7 heteroatoms. The Labute approximate surface area is 121 Å². The fourth-order valence-electron chi connectivity index (χ4n) is 1.66. The third-order valence-corrected chi connectivity index (χ3v) is 2.69. The van der Waals surface area contributed by atoms with Crippen molar-refractivity contribution in [3.8, 4) is 12.3 Å². The Balaban J connectivity index is 2.82. The average Bonchev–Trinajstić information content (AvgIpc) is 2.43. The van der Waals surface area contributed by atoms with E-state index in [0.29, 0.717) is 19.3 Å². The maximum atomic E-state index is 11.7. The molecule has 2 N–H and O–H groups in total. The van der Waals surface area contributed by atoms with Crippen LogP contribution in [0.15, 0.2) is 18.2 Å². The number of amides is 1. The lowest BCUT2D eigenvalue weighted by Gasteiger charge is -2.08. The third kappa shape index (κ3) is 4.95. The van der Waals surface area contributed by atoms with Crippen LogP contribution in [0.2, 0.25) is 0 Å². The summed E-state index contributed by atoms with van der Waals surface area (Å²) in [6, 6.07) is 3.20. The van der Waals surface area contributed by atoms with E-state index >= 15 is 0 Å². The summed E-state index contributed by atoms with van der Waals surface area (Å²) in [6.07, 6.45) is 7.07. The van der Waals surface area contributed by atoms with Crippen LogP contribution in [-0.2, 0) is 4.79 Å². The first-order valence-corrected chi connectivity index (χ1v) is 6.20. The molecule has 0 atom stereocenters. The monoisotopic (exact) mass is 290 g/mol. The zero-order valence-electron chi connectivity index (χ0n) is 11.2. The molecule has 0 aliphatic carbocycles. The Morgan fingerprint density at radius 3 is 2.67 bits per heavy atom. The van der Waals surface area contributed by atoms with Gasteiger partial charge in [-0.05, 0) is 18.9 Å². The number of non-ortho nitro benzene ring substituents is 1. The third-order valence-electron chi connectivity index (χ3n) is 2.69. The molecule has 7 nitrogen and oxygen atoms in total. The second kappa shape index (κ2) is 7.65. The van der Waals surface area contributed by atoms with Crippen molar-refractivity contribution in [2.45, 2.75) is 25.7 Å². The zero-order valence-corrected chi connectivity index (χ0v) is 11.2. The number of hydrogen-bond acceptors (Lipinski definition) is 4. The SMILES string of the molecule is C#CCCCCC(=O)Nc1cc([N+](=O)[O-])ccc1C(=O)O. The lowest BCUT2D eigenvalue weighted by molar-refractivity contribution is -0.384. The van der Waals surface area contributed by atoms with Crippen LogP contribution in [0.5, 0.6) is 0 Å². The van der Waals surface area contributed by atoms with E-state index in [9.17, 15) is 19.7 Å². The van der Waals surface area contributed by atoms with Gasteiger partial charge in [0.1, 0.15) is 0 Å². The molecular formula is C14H14N2O5. The number of unbranched alkanes of at least 4 members (excludes halogenated alkanes) is 2. The second-order valence-corrected chi connectivity index (χ2v) is 4.25. The molecule has 0 radical (unpaired) electrons. The van der Waals surface area contributed by atoms with E-state index in [-0.39, 0.29) is 23.4 Å². The quantitative estimate of drug-likeness (QED) is 0.347. The number of nitrogens with one attached hydrogen (secondary N) is 1. The zero-order chi connectivity index (χ0) is 15.8. The van der Waals surface area contributed by atoms with Gasteiger partial charge in [-0.1, -0.05) is 0 Å². The number of nitrogens with zero attached hydrogens (tertiary/aromatic N) is 1. The van der Waals surface area contributed by atoms with Crippen molar-refractivity contribution in [2.24, 2.45) is 0 Å². The van der Waals surface area contributed by atoms with E-state index in [4.69, 9.17) is 11.5 Å². The Morgan fingerprint density at radius 1 is 1.38 bits per heavy atom. The number of nitro benzene ring substituents is 1. The highest BCUT2D eigenvalue weighted by Crippen LogP contribution is 2.23. The predicted molar refractivity (Wildman–Crippen MR) is 76.0 cm³/mol. The summed E-state index contributed by atoms with van der Waals surface area (Å²) in [5.74, 6) is 0.773. The van der Waals surface area contributed by atoms with E-state index in [1.54, 1.807) is 0 Å². The van der Waals surface area contributed by atoms with Crippen molar-refractivity contribution in [3.05, 3.63) is 33.9 Å². The van der Waals surface area contributed by atoms with Crippen LogP contribution in [0, 0.1) is 22.5 Å². The van der Waals surface area contributed by atoms with Crippen molar-refractivity contribution in [2.75, 3.05) is 5.32 Å². The van der Waals surface area contributed by atoms with Gasteiger partial charge in [0.05, 0.1) is 16.2 Å². The van der Waals surface area contributed by atoms with Gasteiger partial charge in [-0.3, -0.25) is 14.9 Å². The van der Waals surface area contributed by atoms with Crippen LogP contribution in [0.25, 0.3) is 0 Å². The van der Waals surface area contributed by atoms with Gasteiger partial charge in [0.2, 0.25) is 5.91 Å². The van der Waals surface area contributed by atoms with Crippen LogP contribution in [0.3, 0.4) is 0 Å². The summed E-state index contributed by atoms with van der Waals surface area (Å²) < 4.78 is 0. The van der Waals surface area contributed by atoms with E-state index in [2.05, 4.69) is 11.2 Å². The largest absolute Gasteiger partial charge is 0.478 e. The second-order valence-electron chi connectivity index (χ2n) is 4.25. The summed E-state index contributed by atoms with van der Waals surface area (Å²) in [6.45, 7) is 0. The minimum absolute atomic E-state index is 0.0846. The molecule has 0 spiro atoms. The number of carbonyl (C=O) groups excluding carboxylic acids is 1. The lowest BCUT2D eigenvalue weighted by atomic mass is 10.1. The highest BCUT2D eigenvalue weighted by atomic mass is 16.6. The first-order chi connectivity index (χ1) is 9.95. The Hall–Kier alpha value is -2.88. The Morgan fingerprint density at radius 2 is 2.10 bits per heavy atom. The molecule has 0 fully saturated rings. The van der Waals surface area contributed by atoms with Crippen molar-refractivity contribution < 1.29 is 19.6 Å². The van der Waals surface area contributed by atoms with Crippen LogP contribution >= 0.6 is 0 Å². The fraction of sp³-hybridized carbons (Fsp3) is 0.286. The minimum Gasteiger partial charge on any atom is -0.478 e. The number of nitro groups is 1. The van der Waals surface area contributed by atoms with E-state index in [1.807, 2.05) is 0 Å². The molecule has 0 saturated carbocycles. The molecule has 0 saturated heterocycles. The highest BCUT2D eigenvalue weighted by Gasteiger charge is 2.16. The van der Waals surface area contributed by atoms with Gasteiger partial charge >= 0.3 is 5.97 Å². The molecule has 0 aliphatic heterocycles. The number of carboxylic acids is 1. The van der Waals surface area contributed by atoms with Gasteiger partial charge in [-0.15, -0.1) is 12.3 Å². The van der Waals surface area contributed by atoms with Crippen LogP contribution in [-0.4, -0.2) is 21.9 Å². The molecule has 1 aromatic rings. The topological polar surface area (TPSA) is 110 Å². The smallest absolute Gasteiger partial charge is 0.337 e. The molecule has 0 aliphatic rings. The van der Waals surface area contributed by atoms with Crippen molar-refractivity contribution >= 4 is 23.3 Å². The number of hydrogen-bond donors (Lipinski definition) is 2. The van der Waals surface area contributed by atoms with Crippen molar-refractivity contribution in [1.29, 1.82) is 0 Å². The number of rotatable bonds is 7. The molecule has 0 aromatic heterocycles. The Kier molecular flexibility index (Phi) is 5.89. The molecule has 0 heterocycles. The number of carbonyl (C=O) groups is 2. The van der Waals surface area contributed by atoms with Crippen LogP contribution in [0.1, 0.15) is 36.0 Å². The number of terminal acetylenes is 1. The predicted octanol–water partition coefficient (Wildman–Crippen LogP) is 2.43. The first kappa shape index (κ1) is 16.2. The number of carboxylic acid groups (broad SMARTS) is 1. The van der Waals surface area contributed by atoms with Crippen LogP contribution in [0.4, 0.5) is 11.4 Å². The number of benzene rings is 1. The van der Waals surface area contributed by atoms with Crippen molar-refractivity contribution in [3.63, 3.8) is 0 Å². The minimum atomic E-state index is -1.27. The maximum Gasteiger partial charge on any atom is 0.337 e. The molecular weight excluding hydrogens is 276 g/mol. The van der Waals surface area contributed by atoms with Gasteiger partial charge in [-0.2, -0.15) is 0 Å². The van der Waals surface area contributed by atoms with Gasteiger partial charge in [0.25, 0.3) is 5.69 Å². The molecule has 1 aromatic carbocycles. The van der Waals surface area contributed by atoms with Gasteiger partial charge in [0, 0.05) is 25.0 Å². The standard InChI is InChI=1S/C14H14N2O5/c1-2-3-4-5-6-13(17)15-12-9-10(16(20)21)7-8-11(12)14(18)19/h1,7-9H,3-6H2,(H,15,17)(H,18,19). The fourth-order valence-corrected chi connectivity index (χ4v) is 1.66. The normalized spacial score (nSPS) is 9.67. The molecule has 1 rings (SSSR count). The molecule has 0 unspecified atom stereocenters. The lowest BCUT2D eigenvalue weighted by Crippen LogP contribution is -2.14. The van der Waals surface area contributed by atoms with Gasteiger partial charge in [-0.25, -0.2) is 4.79 Å². The summed E-state index contributed by atoms with van der Waals surface area (Å²) >= 11 is 0. The summed E-state index contributed by atoms with van der Waals surface area (Å²) in [4.78, 5) is 32.8. The molecule has 0 bridgehead atoms. The summed E-state index contributed by atoms with van der Waals surface area (Å²) in [5, 5.41) is 22.1. The number of anilines is 1.